The molecule has 0 heterocycles. The Morgan fingerprint density at radius 1 is 1.04 bits per heavy atom. The highest BCUT2D eigenvalue weighted by molar-refractivity contribution is 6.39. The first kappa shape index (κ1) is 16.4. The Morgan fingerprint density at radius 2 is 1.78 bits per heavy atom. The molecule has 0 aliphatic rings. The van der Waals surface area contributed by atoms with Gasteiger partial charge in [-0.15, -0.1) is 0 Å². The van der Waals surface area contributed by atoms with Crippen LogP contribution in [0.2, 0.25) is 0 Å². The lowest BCUT2D eigenvalue weighted by Crippen LogP contribution is -2.32. The minimum absolute atomic E-state index is 0.211. The molecule has 2 amide bonds. The van der Waals surface area contributed by atoms with E-state index in [0.29, 0.717) is 5.69 Å². The molecule has 2 N–H and O–H groups in total. The number of nitrogens with one attached hydrogen (secondary N) is 2. The molecule has 0 spiro atoms. The molecular formula is C17H16FN3O2. The smallest absolute Gasteiger partial charge is 0.317 e. The molecule has 118 valence electrons. The van der Waals surface area contributed by atoms with Crippen molar-refractivity contribution in [1.82, 2.24) is 5.43 Å². The minimum Gasteiger partial charge on any atom is -0.317 e. The van der Waals surface area contributed by atoms with Gasteiger partial charge in [0, 0.05) is 11.3 Å². The monoisotopic (exact) mass is 313 g/mol. The summed E-state index contributed by atoms with van der Waals surface area (Å²) in [5.74, 6) is -2.24. The molecule has 6 heteroatoms. The van der Waals surface area contributed by atoms with Gasteiger partial charge in [-0.3, -0.25) is 9.59 Å². The first-order valence-corrected chi connectivity index (χ1v) is 6.94. The van der Waals surface area contributed by atoms with E-state index in [9.17, 15) is 14.0 Å². The first-order valence-electron chi connectivity index (χ1n) is 6.94. The van der Waals surface area contributed by atoms with Crippen LogP contribution in [0, 0.1) is 19.7 Å². The van der Waals surface area contributed by atoms with Crippen LogP contribution in [0.25, 0.3) is 0 Å². The number of hydrogen-bond donors (Lipinski definition) is 2. The summed E-state index contributed by atoms with van der Waals surface area (Å²) >= 11 is 0. The maximum Gasteiger partial charge on any atom is 0.329 e. The van der Waals surface area contributed by atoms with Gasteiger partial charge in [0.25, 0.3) is 0 Å². The van der Waals surface area contributed by atoms with Gasteiger partial charge in [0.05, 0.1) is 6.21 Å². The van der Waals surface area contributed by atoms with E-state index in [2.05, 4.69) is 15.8 Å². The fourth-order valence-corrected chi connectivity index (χ4v) is 1.86. The molecule has 0 radical (unpaired) electrons. The number of hydrazone groups is 1. The van der Waals surface area contributed by atoms with Crippen LogP contribution < -0.4 is 10.7 Å². The van der Waals surface area contributed by atoms with Gasteiger partial charge in [0.1, 0.15) is 5.82 Å². The van der Waals surface area contributed by atoms with Gasteiger partial charge < -0.3 is 5.32 Å². The van der Waals surface area contributed by atoms with Gasteiger partial charge in [-0.2, -0.15) is 5.10 Å². The quantitative estimate of drug-likeness (QED) is 0.519. The van der Waals surface area contributed by atoms with Gasteiger partial charge in [0.15, 0.2) is 0 Å². The van der Waals surface area contributed by atoms with Gasteiger partial charge >= 0.3 is 11.8 Å². The number of rotatable bonds is 3. The van der Waals surface area contributed by atoms with Crippen LogP contribution in [0.4, 0.5) is 10.1 Å². The first-order chi connectivity index (χ1) is 11.0. The SMILES string of the molecule is Cc1cccc(NC(=O)C(=O)N/N=C/c2ccccc2F)c1C. The minimum atomic E-state index is -0.932. The Bertz CT molecular complexity index is 772. The van der Waals surface area contributed by atoms with E-state index in [0.717, 1.165) is 17.3 Å². The van der Waals surface area contributed by atoms with Gasteiger partial charge in [-0.1, -0.05) is 30.3 Å². The summed E-state index contributed by atoms with van der Waals surface area (Å²) in [6.07, 6.45) is 1.14. The van der Waals surface area contributed by atoms with Crippen molar-refractivity contribution in [3.05, 3.63) is 65.0 Å². The van der Waals surface area contributed by atoms with Crippen molar-refractivity contribution in [3.63, 3.8) is 0 Å². The fraction of sp³-hybridized carbons (Fsp3) is 0.118. The zero-order valence-corrected chi connectivity index (χ0v) is 12.8. The number of benzene rings is 2. The van der Waals surface area contributed by atoms with Crippen LogP contribution >= 0.6 is 0 Å². The van der Waals surface area contributed by atoms with E-state index in [4.69, 9.17) is 0 Å². The van der Waals surface area contributed by atoms with Crippen molar-refractivity contribution in [1.29, 1.82) is 0 Å². The molecule has 0 aliphatic carbocycles. The lowest BCUT2D eigenvalue weighted by molar-refractivity contribution is -0.136. The summed E-state index contributed by atoms with van der Waals surface area (Å²) in [4.78, 5) is 23.5. The van der Waals surface area contributed by atoms with E-state index < -0.39 is 17.6 Å². The Balaban J connectivity index is 1.97. The molecule has 0 atom stereocenters. The van der Waals surface area contributed by atoms with E-state index in [-0.39, 0.29) is 5.56 Å². The third kappa shape index (κ3) is 4.23. The summed E-state index contributed by atoms with van der Waals surface area (Å²) in [5, 5.41) is 6.09. The van der Waals surface area contributed by atoms with Crippen molar-refractivity contribution < 1.29 is 14.0 Å². The highest BCUT2D eigenvalue weighted by Crippen LogP contribution is 2.17. The van der Waals surface area contributed by atoms with Crippen molar-refractivity contribution in [2.75, 3.05) is 5.32 Å². The summed E-state index contributed by atoms with van der Waals surface area (Å²) in [5.41, 5.74) is 4.71. The molecule has 0 aliphatic heterocycles. The zero-order valence-electron chi connectivity index (χ0n) is 12.8. The van der Waals surface area contributed by atoms with Crippen LogP contribution in [-0.2, 0) is 9.59 Å². The molecule has 2 aromatic carbocycles. The Kier molecular flexibility index (Phi) is 5.19. The number of aryl methyl sites for hydroxylation is 1. The van der Waals surface area contributed by atoms with Gasteiger partial charge in [-0.25, -0.2) is 9.82 Å². The Morgan fingerprint density at radius 3 is 2.52 bits per heavy atom. The van der Waals surface area contributed by atoms with E-state index >= 15 is 0 Å². The van der Waals surface area contributed by atoms with E-state index in [1.54, 1.807) is 24.3 Å². The number of amides is 2. The number of hydrogen-bond acceptors (Lipinski definition) is 3. The normalized spacial score (nSPS) is 10.6. The number of anilines is 1. The van der Waals surface area contributed by atoms with Crippen molar-refractivity contribution in [2.24, 2.45) is 5.10 Å². The third-order valence-electron chi connectivity index (χ3n) is 3.33. The van der Waals surface area contributed by atoms with Crippen LogP contribution in [0.5, 0.6) is 0 Å². The lowest BCUT2D eigenvalue weighted by Gasteiger charge is -2.09. The number of halogens is 1. The maximum absolute atomic E-state index is 13.4. The number of nitrogens with zero attached hydrogens (tertiary/aromatic N) is 1. The molecule has 0 fully saturated rings. The molecule has 0 saturated heterocycles. The fourth-order valence-electron chi connectivity index (χ4n) is 1.86. The predicted octanol–water partition coefficient (Wildman–Crippen LogP) is 2.53. The lowest BCUT2D eigenvalue weighted by atomic mass is 10.1. The molecule has 0 bridgehead atoms. The molecule has 2 aromatic rings. The summed E-state index contributed by atoms with van der Waals surface area (Å²) < 4.78 is 13.4. The third-order valence-corrected chi connectivity index (χ3v) is 3.33. The highest BCUT2D eigenvalue weighted by atomic mass is 19.1. The second-order valence-electron chi connectivity index (χ2n) is 4.92. The standard InChI is InChI=1S/C17H16FN3O2/c1-11-6-5-9-15(12(11)2)20-16(22)17(23)21-19-10-13-7-3-4-8-14(13)18/h3-10H,1-2H3,(H,20,22)(H,21,23)/b19-10+. The maximum atomic E-state index is 13.4. The second kappa shape index (κ2) is 7.31. The zero-order chi connectivity index (χ0) is 16.8. The average Bonchev–Trinajstić information content (AvgIpc) is 2.53. The van der Waals surface area contributed by atoms with Crippen LogP contribution in [0.3, 0.4) is 0 Å². The van der Waals surface area contributed by atoms with Crippen molar-refractivity contribution in [2.45, 2.75) is 13.8 Å². The molecular weight excluding hydrogens is 297 g/mol. The Hall–Kier alpha value is -3.02. The summed E-state index contributed by atoms with van der Waals surface area (Å²) in [6, 6.07) is 11.4. The number of carbonyl (C=O) groups is 2. The van der Waals surface area contributed by atoms with E-state index in [1.165, 1.54) is 12.1 Å². The highest BCUT2D eigenvalue weighted by Gasteiger charge is 2.14. The predicted molar refractivity (Wildman–Crippen MR) is 86.7 cm³/mol. The molecule has 2 rings (SSSR count). The number of carbonyl (C=O) groups excluding carboxylic acids is 2. The molecule has 0 aromatic heterocycles. The molecule has 0 unspecified atom stereocenters. The molecule has 0 saturated carbocycles. The molecule has 23 heavy (non-hydrogen) atoms. The van der Waals surface area contributed by atoms with Crippen LogP contribution in [-0.4, -0.2) is 18.0 Å². The van der Waals surface area contributed by atoms with Gasteiger partial charge in [0.2, 0.25) is 0 Å². The largest absolute Gasteiger partial charge is 0.329 e. The second-order valence-corrected chi connectivity index (χ2v) is 4.92. The average molecular weight is 313 g/mol. The Labute approximate surface area is 133 Å². The van der Waals surface area contributed by atoms with Crippen LogP contribution in [0.1, 0.15) is 16.7 Å². The topological polar surface area (TPSA) is 70.6 Å². The van der Waals surface area contributed by atoms with Crippen molar-refractivity contribution >= 4 is 23.7 Å². The van der Waals surface area contributed by atoms with E-state index in [1.807, 2.05) is 19.9 Å². The van der Waals surface area contributed by atoms with Gasteiger partial charge in [-0.05, 0) is 37.1 Å². The summed E-state index contributed by atoms with van der Waals surface area (Å²) in [7, 11) is 0. The molecule has 5 nitrogen and oxygen atoms in total. The van der Waals surface area contributed by atoms with Crippen molar-refractivity contribution in [3.8, 4) is 0 Å². The van der Waals surface area contributed by atoms with Crippen LogP contribution in [0.15, 0.2) is 47.6 Å². The summed E-state index contributed by atoms with van der Waals surface area (Å²) in [6.45, 7) is 3.75.